The first kappa shape index (κ1) is 11.5. The van der Waals surface area contributed by atoms with Crippen LogP contribution in [-0.4, -0.2) is 13.2 Å². The van der Waals surface area contributed by atoms with Gasteiger partial charge in [0.05, 0.1) is 0 Å². The molecule has 2 aromatic rings. The first-order chi connectivity index (χ1) is 9.79. The van der Waals surface area contributed by atoms with Crippen LogP contribution in [0.2, 0.25) is 0 Å². The fourth-order valence-electron chi connectivity index (χ4n) is 2.83. The molecule has 102 valence electrons. The molecule has 0 spiro atoms. The van der Waals surface area contributed by atoms with Gasteiger partial charge < -0.3 is 20.1 Å². The summed E-state index contributed by atoms with van der Waals surface area (Å²) >= 11 is 0. The molecule has 0 unspecified atom stereocenters. The van der Waals surface area contributed by atoms with Crippen molar-refractivity contribution in [3.8, 4) is 11.5 Å². The normalized spacial score (nSPS) is 16.1. The summed E-state index contributed by atoms with van der Waals surface area (Å²) in [5, 5.41) is 0. The molecule has 0 amide bonds. The predicted octanol–water partition coefficient (Wildman–Crippen LogP) is 2.56. The molecule has 0 saturated carbocycles. The lowest BCUT2D eigenvalue weighted by Crippen LogP contribution is -2.17. The Balaban J connectivity index is 1.64. The Bertz CT molecular complexity index is 670. The van der Waals surface area contributed by atoms with Crippen LogP contribution >= 0.6 is 0 Å². The summed E-state index contributed by atoms with van der Waals surface area (Å²) in [4.78, 5) is 2.32. The average molecular weight is 268 g/mol. The highest BCUT2D eigenvalue weighted by molar-refractivity contribution is 5.60. The third kappa shape index (κ3) is 1.84. The fourth-order valence-corrected chi connectivity index (χ4v) is 2.83. The molecule has 2 aliphatic heterocycles. The van der Waals surface area contributed by atoms with Crippen LogP contribution in [-0.2, 0) is 13.1 Å². The van der Waals surface area contributed by atoms with Crippen LogP contribution < -0.4 is 20.1 Å². The van der Waals surface area contributed by atoms with Crippen LogP contribution in [0.4, 0.5) is 11.4 Å². The van der Waals surface area contributed by atoms with Gasteiger partial charge in [-0.15, -0.1) is 0 Å². The molecule has 0 aliphatic carbocycles. The maximum Gasteiger partial charge on any atom is 0.163 e. The van der Waals surface area contributed by atoms with Gasteiger partial charge in [-0.2, -0.15) is 0 Å². The van der Waals surface area contributed by atoms with Gasteiger partial charge in [-0.3, -0.25) is 0 Å². The number of rotatable bonds is 1. The lowest BCUT2D eigenvalue weighted by atomic mass is 10.1. The smallest absolute Gasteiger partial charge is 0.163 e. The standard InChI is InChI=1S/C16H16N2O2/c17-13-2-1-11-9-18(10-12(11)7-13)14-3-4-15-16(8-14)20-6-5-19-15/h1-4,7-8H,5-6,9-10,17H2. The van der Waals surface area contributed by atoms with Gasteiger partial charge in [-0.25, -0.2) is 0 Å². The van der Waals surface area contributed by atoms with Gasteiger partial charge in [0, 0.05) is 30.5 Å². The number of benzene rings is 2. The van der Waals surface area contributed by atoms with Crippen LogP contribution in [0.25, 0.3) is 0 Å². The van der Waals surface area contributed by atoms with Crippen molar-refractivity contribution < 1.29 is 9.47 Å². The molecule has 20 heavy (non-hydrogen) atoms. The molecule has 2 N–H and O–H groups in total. The summed E-state index contributed by atoms with van der Waals surface area (Å²) in [6.07, 6.45) is 0. The maximum absolute atomic E-state index is 5.85. The Morgan fingerprint density at radius 2 is 1.65 bits per heavy atom. The first-order valence-electron chi connectivity index (χ1n) is 6.81. The van der Waals surface area contributed by atoms with Crippen LogP contribution in [0.15, 0.2) is 36.4 Å². The van der Waals surface area contributed by atoms with Gasteiger partial charge in [0.25, 0.3) is 0 Å². The molecule has 0 saturated heterocycles. The number of hydrogen-bond donors (Lipinski definition) is 1. The molecule has 0 atom stereocenters. The second-order valence-electron chi connectivity index (χ2n) is 5.21. The van der Waals surface area contributed by atoms with E-state index in [0.29, 0.717) is 13.2 Å². The number of hydrogen-bond acceptors (Lipinski definition) is 4. The Morgan fingerprint density at radius 3 is 2.55 bits per heavy atom. The van der Waals surface area contributed by atoms with E-state index in [9.17, 15) is 0 Å². The fraction of sp³-hybridized carbons (Fsp3) is 0.250. The van der Waals surface area contributed by atoms with Crippen LogP contribution in [0.5, 0.6) is 11.5 Å². The van der Waals surface area contributed by atoms with E-state index in [0.717, 1.165) is 36.0 Å². The van der Waals surface area contributed by atoms with Crippen molar-refractivity contribution in [3.63, 3.8) is 0 Å². The molecular weight excluding hydrogens is 252 g/mol. The van der Waals surface area contributed by atoms with E-state index in [1.165, 1.54) is 11.1 Å². The number of nitrogens with two attached hydrogens (primary N) is 1. The molecule has 2 aliphatic rings. The third-order valence-electron chi connectivity index (χ3n) is 3.84. The predicted molar refractivity (Wildman–Crippen MR) is 78.2 cm³/mol. The molecule has 0 radical (unpaired) electrons. The zero-order chi connectivity index (χ0) is 13.5. The van der Waals surface area contributed by atoms with Crippen molar-refractivity contribution in [1.82, 2.24) is 0 Å². The lowest BCUT2D eigenvalue weighted by molar-refractivity contribution is 0.171. The molecule has 0 aromatic heterocycles. The summed E-state index contributed by atoms with van der Waals surface area (Å²) < 4.78 is 11.2. The zero-order valence-corrected chi connectivity index (χ0v) is 11.1. The SMILES string of the molecule is Nc1ccc2c(c1)CN(c1ccc3c(c1)OCCO3)C2. The second-order valence-corrected chi connectivity index (χ2v) is 5.21. The number of fused-ring (bicyclic) bond motifs is 2. The monoisotopic (exact) mass is 268 g/mol. The van der Waals surface area contributed by atoms with Gasteiger partial charge in [0.2, 0.25) is 0 Å². The minimum atomic E-state index is 0.618. The number of nitrogens with zero attached hydrogens (tertiary/aromatic N) is 1. The topological polar surface area (TPSA) is 47.7 Å². The van der Waals surface area contributed by atoms with E-state index in [4.69, 9.17) is 15.2 Å². The van der Waals surface area contributed by atoms with E-state index in [-0.39, 0.29) is 0 Å². The summed E-state index contributed by atoms with van der Waals surface area (Å²) in [6, 6.07) is 12.3. The van der Waals surface area contributed by atoms with Crippen LogP contribution in [0.1, 0.15) is 11.1 Å². The molecule has 4 rings (SSSR count). The Hall–Kier alpha value is -2.36. The minimum absolute atomic E-state index is 0.618. The van der Waals surface area contributed by atoms with E-state index in [1.54, 1.807) is 0 Å². The lowest BCUT2D eigenvalue weighted by Gasteiger charge is -2.22. The van der Waals surface area contributed by atoms with E-state index in [2.05, 4.69) is 29.2 Å². The molecular formula is C16H16N2O2. The van der Waals surface area contributed by atoms with Crippen molar-refractivity contribution in [3.05, 3.63) is 47.5 Å². The number of ether oxygens (including phenoxy) is 2. The highest BCUT2D eigenvalue weighted by Crippen LogP contribution is 2.37. The highest BCUT2D eigenvalue weighted by Gasteiger charge is 2.21. The molecule has 2 heterocycles. The van der Waals surface area contributed by atoms with Gasteiger partial charge in [-0.05, 0) is 35.4 Å². The Labute approximate surface area is 117 Å². The molecule has 4 nitrogen and oxygen atoms in total. The van der Waals surface area contributed by atoms with Crippen molar-refractivity contribution in [1.29, 1.82) is 0 Å². The summed E-state index contributed by atoms with van der Waals surface area (Å²) in [6.45, 7) is 3.04. The van der Waals surface area contributed by atoms with E-state index in [1.807, 2.05) is 12.1 Å². The van der Waals surface area contributed by atoms with Crippen molar-refractivity contribution in [2.75, 3.05) is 23.8 Å². The van der Waals surface area contributed by atoms with Crippen molar-refractivity contribution >= 4 is 11.4 Å². The zero-order valence-electron chi connectivity index (χ0n) is 11.1. The van der Waals surface area contributed by atoms with Gasteiger partial charge >= 0.3 is 0 Å². The largest absolute Gasteiger partial charge is 0.486 e. The molecule has 0 bridgehead atoms. The van der Waals surface area contributed by atoms with E-state index >= 15 is 0 Å². The number of nitrogen functional groups attached to an aromatic ring is 1. The quantitative estimate of drug-likeness (QED) is 0.807. The number of anilines is 2. The molecule has 2 aromatic carbocycles. The highest BCUT2D eigenvalue weighted by atomic mass is 16.6. The summed E-state index contributed by atoms with van der Waals surface area (Å²) in [5.74, 6) is 1.67. The van der Waals surface area contributed by atoms with E-state index < -0.39 is 0 Å². The summed E-state index contributed by atoms with van der Waals surface area (Å²) in [7, 11) is 0. The average Bonchev–Trinajstić information content (AvgIpc) is 2.89. The third-order valence-corrected chi connectivity index (χ3v) is 3.84. The molecule has 4 heteroatoms. The minimum Gasteiger partial charge on any atom is -0.486 e. The Kier molecular flexibility index (Phi) is 2.49. The van der Waals surface area contributed by atoms with Crippen molar-refractivity contribution in [2.24, 2.45) is 0 Å². The first-order valence-corrected chi connectivity index (χ1v) is 6.81. The van der Waals surface area contributed by atoms with Crippen LogP contribution in [0.3, 0.4) is 0 Å². The van der Waals surface area contributed by atoms with Gasteiger partial charge in [0.15, 0.2) is 11.5 Å². The Morgan fingerprint density at radius 1 is 0.850 bits per heavy atom. The van der Waals surface area contributed by atoms with Crippen molar-refractivity contribution in [2.45, 2.75) is 13.1 Å². The second kappa shape index (κ2) is 4.34. The van der Waals surface area contributed by atoms with Gasteiger partial charge in [0.1, 0.15) is 13.2 Å². The van der Waals surface area contributed by atoms with Crippen LogP contribution in [0, 0.1) is 0 Å². The maximum atomic E-state index is 5.85. The van der Waals surface area contributed by atoms with Gasteiger partial charge in [-0.1, -0.05) is 6.07 Å². The summed E-state index contributed by atoms with van der Waals surface area (Å²) in [5.41, 5.74) is 10.5. The molecule has 0 fully saturated rings.